The van der Waals surface area contributed by atoms with E-state index in [1.807, 2.05) is 23.6 Å². The molecule has 7 nitrogen and oxygen atoms in total. The molecule has 0 aromatic carbocycles. The first kappa shape index (κ1) is 16.7. The van der Waals surface area contributed by atoms with E-state index in [-0.39, 0.29) is 11.8 Å². The lowest BCUT2D eigenvalue weighted by molar-refractivity contribution is 0.0703. The van der Waals surface area contributed by atoms with Crippen LogP contribution >= 0.6 is 11.6 Å². The molecule has 0 aliphatic carbocycles. The predicted molar refractivity (Wildman–Crippen MR) is 97.4 cm³/mol. The maximum atomic E-state index is 12.8. The smallest absolute Gasteiger partial charge is 0.274 e. The molecule has 0 spiro atoms. The van der Waals surface area contributed by atoms with Gasteiger partial charge in [0.2, 0.25) is 0 Å². The van der Waals surface area contributed by atoms with E-state index >= 15 is 0 Å². The van der Waals surface area contributed by atoms with Crippen molar-refractivity contribution in [1.29, 1.82) is 0 Å². The number of hydrogen-bond acceptors (Lipinski definition) is 3. The van der Waals surface area contributed by atoms with Crippen LogP contribution in [0.4, 0.5) is 0 Å². The van der Waals surface area contributed by atoms with Crippen LogP contribution in [0.5, 0.6) is 0 Å². The zero-order valence-corrected chi connectivity index (χ0v) is 15.0. The zero-order valence-electron chi connectivity index (χ0n) is 14.3. The lowest BCUT2D eigenvalue weighted by atomic mass is 10.2. The van der Waals surface area contributed by atoms with Crippen molar-refractivity contribution in [3.05, 3.63) is 58.6 Å². The van der Waals surface area contributed by atoms with Gasteiger partial charge in [0.15, 0.2) is 5.69 Å². The van der Waals surface area contributed by atoms with E-state index in [1.54, 1.807) is 33.8 Å². The zero-order chi connectivity index (χ0) is 18.3. The molecule has 1 aliphatic heterocycles. The van der Waals surface area contributed by atoms with E-state index < -0.39 is 0 Å². The molecule has 0 saturated carbocycles. The molecular weight excluding hydrogens is 354 g/mol. The Morgan fingerprint density at radius 3 is 2.88 bits per heavy atom. The molecule has 8 heteroatoms. The van der Waals surface area contributed by atoms with Crippen molar-refractivity contribution in [2.24, 2.45) is 0 Å². The van der Waals surface area contributed by atoms with E-state index in [1.165, 1.54) is 0 Å². The fourth-order valence-corrected chi connectivity index (χ4v) is 3.41. The molecule has 0 bridgehead atoms. The Bertz CT molecular complexity index is 1010. The first-order valence-electron chi connectivity index (χ1n) is 8.47. The van der Waals surface area contributed by atoms with Crippen LogP contribution in [0.25, 0.3) is 5.52 Å². The van der Waals surface area contributed by atoms with Gasteiger partial charge in [-0.2, -0.15) is 5.10 Å². The molecular formula is C18H18ClN5O2. The number of pyridine rings is 1. The van der Waals surface area contributed by atoms with Crippen molar-refractivity contribution in [2.75, 3.05) is 13.1 Å². The lowest BCUT2D eigenvalue weighted by Crippen LogP contribution is -2.39. The summed E-state index contributed by atoms with van der Waals surface area (Å²) in [5.41, 5.74) is 2.78. The lowest BCUT2D eigenvalue weighted by Gasteiger charge is -2.29. The van der Waals surface area contributed by atoms with E-state index in [2.05, 4.69) is 10.4 Å². The van der Waals surface area contributed by atoms with Crippen LogP contribution in [0.15, 0.2) is 36.5 Å². The van der Waals surface area contributed by atoms with Crippen LogP contribution in [0.1, 0.15) is 33.6 Å². The molecule has 0 saturated heterocycles. The Hall–Kier alpha value is -2.80. The highest BCUT2D eigenvalue weighted by Gasteiger charge is 2.26. The molecule has 0 unspecified atom stereocenters. The molecule has 1 aliphatic rings. The molecule has 3 aromatic rings. The second-order valence-electron chi connectivity index (χ2n) is 6.19. The second kappa shape index (κ2) is 6.49. The first-order chi connectivity index (χ1) is 12.6. The number of nitrogens with zero attached hydrogens (tertiary/aromatic N) is 4. The van der Waals surface area contributed by atoms with Gasteiger partial charge in [-0.15, -0.1) is 0 Å². The molecule has 3 aromatic heterocycles. The fourth-order valence-electron chi connectivity index (χ4n) is 3.26. The van der Waals surface area contributed by atoms with Crippen LogP contribution < -0.4 is 5.32 Å². The molecule has 0 fully saturated rings. The van der Waals surface area contributed by atoms with Crippen molar-refractivity contribution < 1.29 is 9.59 Å². The summed E-state index contributed by atoms with van der Waals surface area (Å²) in [4.78, 5) is 26.7. The quantitative estimate of drug-likeness (QED) is 0.767. The highest BCUT2D eigenvalue weighted by atomic mass is 35.5. The van der Waals surface area contributed by atoms with Gasteiger partial charge in [0.1, 0.15) is 5.69 Å². The second-order valence-corrected chi connectivity index (χ2v) is 6.63. The minimum absolute atomic E-state index is 0.0873. The number of hydrogen-bond donors (Lipinski definition) is 1. The Morgan fingerprint density at radius 1 is 1.23 bits per heavy atom. The number of amides is 2. The Labute approximate surface area is 155 Å². The number of halogens is 1. The number of carbonyl (C=O) groups is 2. The van der Waals surface area contributed by atoms with Crippen LogP contribution in [0, 0.1) is 0 Å². The highest BCUT2D eigenvalue weighted by Crippen LogP contribution is 2.20. The number of rotatable bonds is 3. The number of fused-ring (bicyclic) bond motifs is 2. The van der Waals surface area contributed by atoms with Crippen LogP contribution in [0.3, 0.4) is 0 Å². The highest BCUT2D eigenvalue weighted by molar-refractivity contribution is 6.30. The third-order valence-corrected chi connectivity index (χ3v) is 4.74. The Balaban J connectivity index is 1.56. The number of nitrogens with one attached hydrogen (secondary N) is 1. The summed E-state index contributed by atoms with van der Waals surface area (Å²) in [7, 11) is 0. The third kappa shape index (κ3) is 2.84. The summed E-state index contributed by atoms with van der Waals surface area (Å²) >= 11 is 5.97. The van der Waals surface area contributed by atoms with Crippen LogP contribution in [-0.4, -0.2) is 44.0 Å². The minimum atomic E-state index is -0.128. The van der Waals surface area contributed by atoms with Gasteiger partial charge in [-0.05, 0) is 37.3 Å². The fraction of sp³-hybridized carbons (Fsp3) is 0.278. The summed E-state index contributed by atoms with van der Waals surface area (Å²) in [5.74, 6) is -0.215. The molecule has 4 rings (SSSR count). The molecule has 2 amide bonds. The van der Waals surface area contributed by atoms with Crippen molar-refractivity contribution >= 4 is 28.9 Å². The van der Waals surface area contributed by atoms with Gasteiger partial charge in [0, 0.05) is 31.5 Å². The minimum Gasteiger partial charge on any atom is -0.351 e. The summed E-state index contributed by atoms with van der Waals surface area (Å²) in [6.45, 7) is 4.04. The summed E-state index contributed by atoms with van der Waals surface area (Å²) < 4.78 is 3.58. The average Bonchev–Trinajstić information content (AvgIpc) is 3.24. The van der Waals surface area contributed by atoms with Crippen molar-refractivity contribution in [3.8, 4) is 0 Å². The van der Waals surface area contributed by atoms with Gasteiger partial charge >= 0.3 is 0 Å². The van der Waals surface area contributed by atoms with E-state index in [0.29, 0.717) is 42.6 Å². The molecule has 0 radical (unpaired) electrons. The molecule has 1 N–H and O–H groups in total. The number of carbonyl (C=O) groups excluding carboxylic acids is 2. The van der Waals surface area contributed by atoms with Crippen LogP contribution in [-0.2, 0) is 13.1 Å². The molecule has 4 heterocycles. The van der Waals surface area contributed by atoms with E-state index in [9.17, 15) is 9.59 Å². The van der Waals surface area contributed by atoms with Gasteiger partial charge in [-0.3, -0.25) is 9.59 Å². The first-order valence-corrected chi connectivity index (χ1v) is 8.85. The largest absolute Gasteiger partial charge is 0.351 e. The summed E-state index contributed by atoms with van der Waals surface area (Å²) in [5, 5.41) is 7.71. The SMILES string of the molecule is CCNC(=O)c1ccc2n1CCN(C(=O)c1cc3ccc(Cl)cn3n1)C2. The molecule has 0 atom stereocenters. The third-order valence-electron chi connectivity index (χ3n) is 4.52. The van der Waals surface area contributed by atoms with Gasteiger partial charge < -0.3 is 14.8 Å². The van der Waals surface area contributed by atoms with Crippen LogP contribution in [0.2, 0.25) is 5.02 Å². The van der Waals surface area contributed by atoms with Crippen molar-refractivity contribution in [2.45, 2.75) is 20.0 Å². The topological polar surface area (TPSA) is 71.6 Å². The van der Waals surface area contributed by atoms with Gasteiger partial charge in [0.05, 0.1) is 17.1 Å². The van der Waals surface area contributed by atoms with Gasteiger partial charge in [-0.25, -0.2) is 4.52 Å². The van der Waals surface area contributed by atoms with E-state index in [0.717, 1.165) is 11.2 Å². The Morgan fingerprint density at radius 2 is 2.08 bits per heavy atom. The monoisotopic (exact) mass is 371 g/mol. The van der Waals surface area contributed by atoms with Crippen molar-refractivity contribution in [3.63, 3.8) is 0 Å². The molecule has 26 heavy (non-hydrogen) atoms. The normalized spacial score (nSPS) is 13.7. The summed E-state index contributed by atoms with van der Waals surface area (Å²) in [6, 6.07) is 9.05. The number of aromatic nitrogens is 3. The van der Waals surface area contributed by atoms with Gasteiger partial charge in [-0.1, -0.05) is 11.6 Å². The van der Waals surface area contributed by atoms with E-state index in [4.69, 9.17) is 11.6 Å². The standard InChI is InChI=1S/C18H18ClN5O2/c1-2-20-17(25)16-6-5-14-11-22(7-8-23(14)16)18(26)15-9-13-4-3-12(19)10-24(13)21-15/h3-6,9-10H,2,7-8,11H2,1H3,(H,20,25). The summed E-state index contributed by atoms with van der Waals surface area (Å²) in [6.07, 6.45) is 1.67. The predicted octanol–water partition coefficient (Wildman–Crippen LogP) is 2.19. The maximum absolute atomic E-state index is 12.8. The van der Waals surface area contributed by atoms with Crippen molar-refractivity contribution in [1.82, 2.24) is 24.4 Å². The van der Waals surface area contributed by atoms with Gasteiger partial charge in [0.25, 0.3) is 11.8 Å². The average molecular weight is 372 g/mol. The Kier molecular flexibility index (Phi) is 4.16. The molecule has 134 valence electrons. The maximum Gasteiger partial charge on any atom is 0.274 e.